The molecule has 0 fully saturated rings. The monoisotopic (exact) mass is 358 g/mol. The average Bonchev–Trinajstić information content (AvgIpc) is 2.63. The Morgan fingerprint density at radius 1 is 0.923 bits per heavy atom. The molecule has 0 radical (unpaired) electrons. The maximum Gasteiger partial charge on any atom is 0.349 e. The van der Waals surface area contributed by atoms with Crippen molar-refractivity contribution in [3.8, 4) is 11.5 Å². The van der Waals surface area contributed by atoms with Crippen molar-refractivity contribution < 1.29 is 28.5 Å². The third kappa shape index (κ3) is 5.89. The normalized spacial score (nSPS) is 10.3. The predicted molar refractivity (Wildman–Crippen MR) is 95.6 cm³/mol. The van der Waals surface area contributed by atoms with Crippen LogP contribution in [-0.2, 0) is 14.3 Å². The zero-order chi connectivity index (χ0) is 18.9. The smallest absolute Gasteiger partial charge is 0.349 e. The number of rotatable bonds is 8. The first kappa shape index (κ1) is 19.5. The van der Waals surface area contributed by atoms with Gasteiger partial charge in [-0.3, -0.25) is 0 Å². The van der Waals surface area contributed by atoms with Crippen molar-refractivity contribution in [3.63, 3.8) is 0 Å². The number of hydrogen-bond donors (Lipinski definition) is 0. The first-order chi connectivity index (χ1) is 12.5. The van der Waals surface area contributed by atoms with Crippen LogP contribution in [0.4, 0.5) is 0 Å². The molecule has 0 aromatic heterocycles. The van der Waals surface area contributed by atoms with Gasteiger partial charge in [0.25, 0.3) is 0 Å². The number of esters is 2. The molecule has 0 aliphatic rings. The molecule has 0 amide bonds. The summed E-state index contributed by atoms with van der Waals surface area (Å²) in [5, 5.41) is 0. The van der Waals surface area contributed by atoms with Gasteiger partial charge >= 0.3 is 11.9 Å². The van der Waals surface area contributed by atoms with Crippen LogP contribution in [0.1, 0.15) is 21.5 Å². The van der Waals surface area contributed by atoms with Crippen molar-refractivity contribution in [2.75, 3.05) is 26.9 Å². The Kier molecular flexibility index (Phi) is 7.17. The van der Waals surface area contributed by atoms with Gasteiger partial charge in [-0.1, -0.05) is 12.1 Å². The van der Waals surface area contributed by atoms with Crippen molar-refractivity contribution in [2.24, 2.45) is 0 Å². The van der Waals surface area contributed by atoms with Gasteiger partial charge in [0.15, 0.2) is 6.61 Å². The highest BCUT2D eigenvalue weighted by molar-refractivity contribution is 5.90. The van der Waals surface area contributed by atoms with E-state index in [4.69, 9.17) is 18.9 Å². The summed E-state index contributed by atoms with van der Waals surface area (Å²) in [6.45, 7) is 4.21. The van der Waals surface area contributed by atoms with Crippen molar-refractivity contribution in [2.45, 2.75) is 13.8 Å². The van der Waals surface area contributed by atoms with Gasteiger partial charge in [0.2, 0.25) is 0 Å². The third-order valence-electron chi connectivity index (χ3n) is 3.66. The molecule has 0 saturated heterocycles. The maximum absolute atomic E-state index is 11.9. The summed E-state index contributed by atoms with van der Waals surface area (Å²) < 4.78 is 20.5. The number of aryl methyl sites for hydroxylation is 2. The highest BCUT2D eigenvalue weighted by atomic mass is 16.6. The van der Waals surface area contributed by atoms with E-state index < -0.39 is 11.9 Å². The Morgan fingerprint density at radius 2 is 1.73 bits per heavy atom. The molecule has 26 heavy (non-hydrogen) atoms. The maximum atomic E-state index is 11.9. The Morgan fingerprint density at radius 3 is 2.46 bits per heavy atom. The fourth-order valence-electron chi connectivity index (χ4n) is 2.09. The average molecular weight is 358 g/mol. The molecule has 0 saturated carbocycles. The van der Waals surface area contributed by atoms with E-state index in [1.165, 1.54) is 13.2 Å². The summed E-state index contributed by atoms with van der Waals surface area (Å²) in [7, 11) is 1.52. The SMILES string of the molecule is COCCOC(=O)c1cccc(OC(=O)COc2ccc(C)c(C)c2)c1. The van der Waals surface area contributed by atoms with Crippen LogP contribution < -0.4 is 9.47 Å². The summed E-state index contributed by atoms with van der Waals surface area (Å²) in [4.78, 5) is 23.8. The van der Waals surface area contributed by atoms with E-state index in [1.807, 2.05) is 26.0 Å². The van der Waals surface area contributed by atoms with Crippen molar-refractivity contribution in [1.82, 2.24) is 0 Å². The predicted octanol–water partition coefficient (Wildman–Crippen LogP) is 3.09. The summed E-state index contributed by atoms with van der Waals surface area (Å²) in [6.07, 6.45) is 0. The number of carbonyl (C=O) groups is 2. The summed E-state index contributed by atoms with van der Waals surface area (Å²) in [6, 6.07) is 11.8. The van der Waals surface area contributed by atoms with Crippen molar-refractivity contribution in [1.29, 1.82) is 0 Å². The zero-order valence-electron chi connectivity index (χ0n) is 15.1. The molecule has 0 aliphatic carbocycles. The van der Waals surface area contributed by atoms with E-state index in [0.29, 0.717) is 17.9 Å². The van der Waals surface area contributed by atoms with Gasteiger partial charge in [-0.2, -0.15) is 0 Å². The summed E-state index contributed by atoms with van der Waals surface area (Å²) >= 11 is 0. The highest BCUT2D eigenvalue weighted by Crippen LogP contribution is 2.17. The molecule has 2 rings (SSSR count). The standard InChI is InChI=1S/C20H22O6/c1-14-7-8-17(11-15(14)2)25-13-19(21)26-18-6-4-5-16(12-18)20(22)24-10-9-23-3/h4-8,11-12H,9-10,13H2,1-3H3. The van der Waals surface area contributed by atoms with E-state index in [9.17, 15) is 9.59 Å². The lowest BCUT2D eigenvalue weighted by Crippen LogP contribution is -2.18. The van der Waals surface area contributed by atoms with E-state index in [-0.39, 0.29) is 19.0 Å². The first-order valence-electron chi connectivity index (χ1n) is 8.16. The molecule has 2 aromatic carbocycles. The molecule has 0 atom stereocenters. The molecular weight excluding hydrogens is 336 g/mol. The molecule has 0 spiro atoms. The number of ether oxygens (including phenoxy) is 4. The second kappa shape index (κ2) is 9.58. The van der Waals surface area contributed by atoms with Crippen LogP contribution in [0.3, 0.4) is 0 Å². The van der Waals surface area contributed by atoms with Gasteiger partial charge in [-0.15, -0.1) is 0 Å². The van der Waals surface area contributed by atoms with Crippen LogP contribution in [0.5, 0.6) is 11.5 Å². The molecule has 0 aliphatic heterocycles. The van der Waals surface area contributed by atoms with Gasteiger partial charge < -0.3 is 18.9 Å². The zero-order valence-corrected chi connectivity index (χ0v) is 15.1. The molecule has 0 unspecified atom stereocenters. The van der Waals surface area contributed by atoms with Gasteiger partial charge in [-0.25, -0.2) is 9.59 Å². The topological polar surface area (TPSA) is 71.1 Å². The number of methoxy groups -OCH3 is 1. The van der Waals surface area contributed by atoms with E-state index in [1.54, 1.807) is 24.3 Å². The second-order valence-electron chi connectivity index (χ2n) is 5.67. The van der Waals surface area contributed by atoms with Gasteiger partial charge in [0, 0.05) is 7.11 Å². The van der Waals surface area contributed by atoms with E-state index in [2.05, 4.69) is 0 Å². The first-order valence-corrected chi connectivity index (χ1v) is 8.16. The fraction of sp³-hybridized carbons (Fsp3) is 0.300. The molecule has 0 heterocycles. The number of carbonyl (C=O) groups excluding carboxylic acids is 2. The lowest BCUT2D eigenvalue weighted by molar-refractivity contribution is -0.136. The second-order valence-corrected chi connectivity index (χ2v) is 5.67. The minimum atomic E-state index is -0.562. The van der Waals surface area contributed by atoms with Gasteiger partial charge in [-0.05, 0) is 55.3 Å². The van der Waals surface area contributed by atoms with E-state index >= 15 is 0 Å². The third-order valence-corrected chi connectivity index (χ3v) is 3.66. The Labute approximate surface area is 152 Å². The number of hydrogen-bond acceptors (Lipinski definition) is 6. The fourth-order valence-corrected chi connectivity index (χ4v) is 2.09. The number of benzene rings is 2. The van der Waals surface area contributed by atoms with Crippen LogP contribution in [0.15, 0.2) is 42.5 Å². The molecule has 138 valence electrons. The molecule has 0 bridgehead atoms. The lowest BCUT2D eigenvalue weighted by atomic mass is 10.1. The van der Waals surface area contributed by atoms with Crippen molar-refractivity contribution >= 4 is 11.9 Å². The Balaban J connectivity index is 1.89. The van der Waals surface area contributed by atoms with Crippen LogP contribution in [0.25, 0.3) is 0 Å². The minimum Gasteiger partial charge on any atom is -0.482 e. The summed E-state index contributed by atoms with van der Waals surface area (Å²) in [5.74, 6) is -0.222. The minimum absolute atomic E-state index is 0.156. The van der Waals surface area contributed by atoms with Crippen LogP contribution in [0.2, 0.25) is 0 Å². The Bertz CT molecular complexity index is 769. The molecular formula is C20H22O6. The highest BCUT2D eigenvalue weighted by Gasteiger charge is 2.11. The molecule has 2 aromatic rings. The van der Waals surface area contributed by atoms with E-state index in [0.717, 1.165) is 11.1 Å². The van der Waals surface area contributed by atoms with Crippen LogP contribution in [-0.4, -0.2) is 38.9 Å². The Hall–Kier alpha value is -2.86. The largest absolute Gasteiger partial charge is 0.482 e. The quantitative estimate of drug-likeness (QED) is 0.410. The molecule has 6 heteroatoms. The summed E-state index contributed by atoms with van der Waals surface area (Å²) in [5.41, 5.74) is 2.52. The lowest BCUT2D eigenvalue weighted by Gasteiger charge is -2.09. The molecule has 6 nitrogen and oxygen atoms in total. The van der Waals surface area contributed by atoms with Crippen molar-refractivity contribution in [3.05, 3.63) is 59.2 Å². The van der Waals surface area contributed by atoms with Gasteiger partial charge in [0.1, 0.15) is 18.1 Å². The van der Waals surface area contributed by atoms with Gasteiger partial charge in [0.05, 0.1) is 12.2 Å². The van der Waals surface area contributed by atoms with Crippen LogP contribution in [0, 0.1) is 13.8 Å². The van der Waals surface area contributed by atoms with Crippen LogP contribution >= 0.6 is 0 Å². The molecule has 0 N–H and O–H groups in total.